The second kappa shape index (κ2) is 6.53. The van der Waals surface area contributed by atoms with Gasteiger partial charge >= 0.3 is 5.97 Å². The number of hydrogen-bond donors (Lipinski definition) is 2. The Bertz CT molecular complexity index is 535. The zero-order chi connectivity index (χ0) is 14.5. The number of esters is 1. The van der Waals surface area contributed by atoms with Crippen molar-refractivity contribution in [1.29, 1.82) is 0 Å². The van der Waals surface area contributed by atoms with Crippen LogP contribution in [0.15, 0.2) is 23.1 Å². The second-order valence-electron chi connectivity index (χ2n) is 4.03. The maximum Gasteiger partial charge on any atom is 0.307 e. The lowest BCUT2D eigenvalue weighted by Gasteiger charge is -2.08. The van der Waals surface area contributed by atoms with Crippen LogP contribution in [-0.4, -0.2) is 27.5 Å². The van der Waals surface area contributed by atoms with Gasteiger partial charge in [-0.05, 0) is 37.6 Å². The van der Waals surface area contributed by atoms with E-state index in [1.165, 1.54) is 12.1 Å². The summed E-state index contributed by atoms with van der Waals surface area (Å²) in [6.45, 7) is 3.72. The number of carbonyl (C=O) groups is 1. The summed E-state index contributed by atoms with van der Waals surface area (Å²) in [5, 5.41) is 0. The first-order chi connectivity index (χ1) is 8.85. The van der Waals surface area contributed by atoms with Gasteiger partial charge in [-0.2, -0.15) is 0 Å². The van der Waals surface area contributed by atoms with Gasteiger partial charge in [0.15, 0.2) is 0 Å². The van der Waals surface area contributed by atoms with Crippen molar-refractivity contribution in [2.45, 2.75) is 25.2 Å². The first-order valence-electron chi connectivity index (χ1n) is 5.87. The Hall–Kier alpha value is -1.60. The number of nitrogens with one attached hydrogen (secondary N) is 1. The molecule has 6 nitrogen and oxygen atoms in total. The average Bonchev–Trinajstić information content (AvgIpc) is 2.27. The van der Waals surface area contributed by atoms with E-state index in [1.54, 1.807) is 19.9 Å². The molecule has 0 unspecified atom stereocenters. The fourth-order valence-electron chi connectivity index (χ4n) is 1.54. The number of anilines is 1. The summed E-state index contributed by atoms with van der Waals surface area (Å²) in [7, 11) is -3.65. The molecule has 0 atom stereocenters. The number of ether oxygens (including phenoxy) is 1. The van der Waals surface area contributed by atoms with Crippen LogP contribution in [-0.2, 0) is 19.6 Å². The topological polar surface area (TPSA) is 98.5 Å². The highest BCUT2D eigenvalue weighted by Crippen LogP contribution is 2.15. The van der Waals surface area contributed by atoms with Gasteiger partial charge in [-0.3, -0.25) is 4.79 Å². The number of hydrogen-bond acceptors (Lipinski definition) is 5. The average molecular weight is 286 g/mol. The van der Waals surface area contributed by atoms with Crippen molar-refractivity contribution in [1.82, 2.24) is 4.72 Å². The predicted molar refractivity (Wildman–Crippen MR) is 72.0 cm³/mol. The standard InChI is InChI=1S/C12H18N2O4S/c1-3-18-12(15)4-5-14-19(16,17)11-7-9(2)6-10(13)8-11/h6-8,14H,3-5,13H2,1-2H3. The lowest BCUT2D eigenvalue weighted by Crippen LogP contribution is -2.27. The number of nitrogen functional groups attached to an aromatic ring is 1. The van der Waals surface area contributed by atoms with E-state index >= 15 is 0 Å². The molecule has 0 aromatic heterocycles. The molecule has 0 fully saturated rings. The summed E-state index contributed by atoms with van der Waals surface area (Å²) >= 11 is 0. The van der Waals surface area contributed by atoms with Gasteiger partial charge in [0, 0.05) is 12.2 Å². The van der Waals surface area contributed by atoms with Gasteiger partial charge in [0.2, 0.25) is 10.0 Å². The van der Waals surface area contributed by atoms with Crippen LogP contribution in [0.2, 0.25) is 0 Å². The third-order valence-corrected chi connectivity index (χ3v) is 3.75. The van der Waals surface area contributed by atoms with Crippen LogP contribution < -0.4 is 10.5 Å². The largest absolute Gasteiger partial charge is 0.466 e. The van der Waals surface area contributed by atoms with Gasteiger partial charge in [-0.1, -0.05) is 0 Å². The molecule has 0 amide bonds. The summed E-state index contributed by atoms with van der Waals surface area (Å²) in [5.41, 5.74) is 6.74. The first kappa shape index (κ1) is 15.5. The summed E-state index contributed by atoms with van der Waals surface area (Å²) in [5.74, 6) is -0.436. The number of aryl methyl sites for hydroxylation is 1. The van der Waals surface area contributed by atoms with E-state index in [-0.39, 0.29) is 24.5 Å². The molecule has 0 aliphatic carbocycles. The van der Waals surface area contributed by atoms with Crippen LogP contribution in [0.1, 0.15) is 18.9 Å². The molecule has 3 N–H and O–H groups in total. The molecule has 0 heterocycles. The third-order valence-electron chi connectivity index (χ3n) is 2.31. The van der Waals surface area contributed by atoms with Crippen LogP contribution in [0.5, 0.6) is 0 Å². The van der Waals surface area contributed by atoms with Gasteiger partial charge < -0.3 is 10.5 Å². The fourth-order valence-corrected chi connectivity index (χ4v) is 2.71. The van der Waals surface area contributed by atoms with Crippen LogP contribution >= 0.6 is 0 Å². The van der Waals surface area contributed by atoms with Crippen LogP contribution in [0, 0.1) is 6.92 Å². The highest BCUT2D eigenvalue weighted by Gasteiger charge is 2.15. The van der Waals surface area contributed by atoms with Gasteiger partial charge in [0.1, 0.15) is 0 Å². The fraction of sp³-hybridized carbons (Fsp3) is 0.417. The minimum atomic E-state index is -3.65. The van der Waals surface area contributed by atoms with Gasteiger partial charge in [0.25, 0.3) is 0 Å². The van der Waals surface area contributed by atoms with E-state index in [0.29, 0.717) is 5.69 Å². The Morgan fingerprint density at radius 1 is 1.37 bits per heavy atom. The van der Waals surface area contributed by atoms with Gasteiger partial charge in [0.05, 0.1) is 17.9 Å². The number of benzene rings is 1. The van der Waals surface area contributed by atoms with E-state index in [2.05, 4.69) is 4.72 Å². The van der Waals surface area contributed by atoms with E-state index in [0.717, 1.165) is 5.56 Å². The number of sulfonamides is 1. The van der Waals surface area contributed by atoms with Crippen LogP contribution in [0.4, 0.5) is 5.69 Å². The highest BCUT2D eigenvalue weighted by molar-refractivity contribution is 7.89. The SMILES string of the molecule is CCOC(=O)CCNS(=O)(=O)c1cc(C)cc(N)c1. The summed E-state index contributed by atoms with van der Waals surface area (Å²) < 4.78 is 31.0. The smallest absolute Gasteiger partial charge is 0.307 e. The van der Waals surface area contributed by atoms with E-state index < -0.39 is 16.0 Å². The van der Waals surface area contributed by atoms with E-state index in [1.807, 2.05) is 0 Å². The lowest BCUT2D eigenvalue weighted by molar-refractivity contribution is -0.142. The number of rotatable bonds is 6. The normalized spacial score (nSPS) is 11.3. The summed E-state index contributed by atoms with van der Waals surface area (Å²) in [6, 6.07) is 4.57. The molecule has 0 radical (unpaired) electrons. The Morgan fingerprint density at radius 3 is 2.63 bits per heavy atom. The summed E-state index contributed by atoms with van der Waals surface area (Å²) in [6.07, 6.45) is -0.00559. The molecule has 7 heteroatoms. The van der Waals surface area contributed by atoms with E-state index in [9.17, 15) is 13.2 Å². The first-order valence-corrected chi connectivity index (χ1v) is 7.36. The molecule has 1 rings (SSSR count). The molecule has 106 valence electrons. The van der Waals surface area contributed by atoms with Crippen molar-refractivity contribution in [3.8, 4) is 0 Å². The Morgan fingerprint density at radius 2 is 2.05 bits per heavy atom. The van der Waals surface area contributed by atoms with Crippen molar-refractivity contribution in [3.05, 3.63) is 23.8 Å². The molecular formula is C12H18N2O4S. The molecule has 1 aromatic carbocycles. The monoisotopic (exact) mass is 286 g/mol. The molecule has 0 saturated carbocycles. The van der Waals surface area contributed by atoms with Crippen molar-refractivity contribution in [2.24, 2.45) is 0 Å². The van der Waals surface area contributed by atoms with Crippen molar-refractivity contribution >= 4 is 21.7 Å². The molecule has 19 heavy (non-hydrogen) atoms. The number of carbonyl (C=O) groups excluding carboxylic acids is 1. The lowest BCUT2D eigenvalue weighted by atomic mass is 10.2. The quantitative estimate of drug-likeness (QED) is 0.595. The Labute approximate surface area is 113 Å². The van der Waals surface area contributed by atoms with Gasteiger partial charge in [-0.15, -0.1) is 0 Å². The van der Waals surface area contributed by atoms with Gasteiger partial charge in [-0.25, -0.2) is 13.1 Å². The maximum atomic E-state index is 12.0. The predicted octanol–water partition coefficient (Wildman–Crippen LogP) is 0.809. The second-order valence-corrected chi connectivity index (χ2v) is 5.80. The Balaban J connectivity index is 2.68. The molecule has 0 aliphatic heterocycles. The molecule has 1 aromatic rings. The molecule has 0 spiro atoms. The highest BCUT2D eigenvalue weighted by atomic mass is 32.2. The van der Waals surface area contributed by atoms with E-state index in [4.69, 9.17) is 10.5 Å². The minimum absolute atomic E-state index is 0.00495. The Kier molecular flexibility index (Phi) is 5.31. The third kappa shape index (κ3) is 4.88. The molecular weight excluding hydrogens is 268 g/mol. The maximum absolute atomic E-state index is 12.0. The van der Waals surface area contributed by atoms with Crippen molar-refractivity contribution < 1.29 is 17.9 Å². The zero-order valence-corrected chi connectivity index (χ0v) is 11.8. The molecule has 0 saturated heterocycles. The molecule has 0 bridgehead atoms. The minimum Gasteiger partial charge on any atom is -0.466 e. The van der Waals surface area contributed by atoms with Crippen LogP contribution in [0.25, 0.3) is 0 Å². The van der Waals surface area contributed by atoms with Crippen LogP contribution in [0.3, 0.4) is 0 Å². The zero-order valence-electron chi connectivity index (χ0n) is 11.0. The number of nitrogens with two attached hydrogens (primary N) is 1. The molecule has 0 aliphatic rings. The summed E-state index contributed by atoms with van der Waals surface area (Å²) in [4.78, 5) is 11.2. The van der Waals surface area contributed by atoms with Crippen molar-refractivity contribution in [2.75, 3.05) is 18.9 Å². The van der Waals surface area contributed by atoms with Crippen molar-refractivity contribution in [3.63, 3.8) is 0 Å².